The Labute approximate surface area is 130 Å². The monoisotopic (exact) mass is 306 g/mol. The summed E-state index contributed by atoms with van der Waals surface area (Å²) in [6.45, 7) is 3.75. The van der Waals surface area contributed by atoms with Crippen molar-refractivity contribution in [3.8, 4) is 11.8 Å². The second-order valence-electron chi connectivity index (χ2n) is 5.93. The lowest BCUT2D eigenvalue weighted by atomic mass is 9.80. The third kappa shape index (κ3) is 4.94. The fourth-order valence-corrected chi connectivity index (χ4v) is 2.88. The number of halogens is 3. The predicted octanol–water partition coefficient (Wildman–Crippen LogP) is 5.83. The Morgan fingerprint density at radius 1 is 1.09 bits per heavy atom. The summed E-state index contributed by atoms with van der Waals surface area (Å²) in [5, 5.41) is 0. The summed E-state index contributed by atoms with van der Waals surface area (Å²) in [6, 6.07) is 5.09. The van der Waals surface area contributed by atoms with E-state index in [1.165, 1.54) is 31.4 Å². The van der Waals surface area contributed by atoms with Crippen molar-refractivity contribution in [2.24, 2.45) is 11.8 Å². The molecule has 0 aromatic heterocycles. The first-order chi connectivity index (χ1) is 10.5. The smallest absolute Gasteiger partial charge is 0.166 e. The zero-order valence-electron chi connectivity index (χ0n) is 12.6. The van der Waals surface area contributed by atoms with Crippen LogP contribution in [0.5, 0.6) is 0 Å². The molecule has 1 saturated carbocycles. The van der Waals surface area contributed by atoms with Gasteiger partial charge in [-0.05, 0) is 68.7 Å². The molecule has 0 bridgehead atoms. The van der Waals surface area contributed by atoms with Gasteiger partial charge in [0.05, 0.1) is 5.56 Å². The number of hydrogen-bond acceptors (Lipinski definition) is 0. The molecule has 1 fully saturated rings. The lowest BCUT2D eigenvalue weighted by molar-refractivity contribution is -0.137. The number of allylic oxidation sites excluding steroid dienone is 1. The average molecular weight is 306 g/mol. The Kier molecular flexibility index (Phi) is 5.71. The molecule has 0 radical (unpaired) electrons. The summed E-state index contributed by atoms with van der Waals surface area (Å²) >= 11 is 0. The van der Waals surface area contributed by atoms with Gasteiger partial charge in [-0.3, -0.25) is 0 Å². The molecule has 1 aliphatic carbocycles. The summed E-state index contributed by atoms with van der Waals surface area (Å²) in [5.74, 6) is 7.40. The van der Waals surface area contributed by atoms with Crippen LogP contribution in [0, 0.1) is 23.7 Å². The van der Waals surface area contributed by atoms with Gasteiger partial charge < -0.3 is 0 Å². The van der Waals surface area contributed by atoms with Crippen molar-refractivity contribution in [1.82, 2.24) is 0 Å². The fourth-order valence-electron chi connectivity index (χ4n) is 2.88. The molecular formula is C19H21F3. The molecule has 0 amide bonds. The summed E-state index contributed by atoms with van der Waals surface area (Å²) in [5.41, 5.74) is 0.0301. The largest absolute Gasteiger partial charge is 0.416 e. The summed E-state index contributed by atoms with van der Waals surface area (Å²) in [7, 11) is 0. The zero-order valence-corrected chi connectivity index (χ0v) is 12.6. The van der Waals surface area contributed by atoms with Gasteiger partial charge >= 0.3 is 6.18 Å². The van der Waals surface area contributed by atoms with Crippen molar-refractivity contribution < 1.29 is 13.2 Å². The molecule has 0 unspecified atom stereocenters. The number of hydrogen-bond donors (Lipinski definition) is 0. The van der Waals surface area contributed by atoms with E-state index in [9.17, 15) is 13.2 Å². The highest BCUT2D eigenvalue weighted by atomic mass is 19.4. The highest BCUT2D eigenvalue weighted by Gasteiger charge is 2.29. The van der Waals surface area contributed by atoms with Gasteiger partial charge in [-0.25, -0.2) is 0 Å². The van der Waals surface area contributed by atoms with Crippen LogP contribution in [-0.4, -0.2) is 0 Å². The van der Waals surface area contributed by atoms with Crippen LogP contribution in [0.25, 0.3) is 0 Å². The van der Waals surface area contributed by atoms with Gasteiger partial charge in [-0.15, -0.1) is 6.58 Å². The van der Waals surface area contributed by atoms with Gasteiger partial charge in [0.2, 0.25) is 0 Å². The lowest BCUT2D eigenvalue weighted by Gasteiger charge is -2.25. The minimum Gasteiger partial charge on any atom is -0.166 e. The quantitative estimate of drug-likeness (QED) is 0.487. The van der Waals surface area contributed by atoms with E-state index in [2.05, 4.69) is 18.4 Å². The van der Waals surface area contributed by atoms with E-state index in [1.807, 2.05) is 6.08 Å². The van der Waals surface area contributed by atoms with Gasteiger partial charge in [0, 0.05) is 11.5 Å². The van der Waals surface area contributed by atoms with Crippen molar-refractivity contribution in [1.29, 1.82) is 0 Å². The first kappa shape index (κ1) is 16.7. The molecular weight excluding hydrogens is 285 g/mol. The maximum atomic E-state index is 12.5. The SMILES string of the molecule is C=CCC[C@H]1CC[C@H](C#Cc2ccc(C(F)(F)F)cc2)CC1. The molecule has 118 valence electrons. The maximum Gasteiger partial charge on any atom is 0.416 e. The van der Waals surface area contributed by atoms with Crippen molar-refractivity contribution >= 4 is 0 Å². The molecule has 0 aliphatic heterocycles. The average Bonchev–Trinajstić information content (AvgIpc) is 2.51. The molecule has 1 aliphatic rings. The van der Waals surface area contributed by atoms with E-state index in [-0.39, 0.29) is 0 Å². The molecule has 2 rings (SSSR count). The summed E-state index contributed by atoms with van der Waals surface area (Å²) < 4.78 is 37.4. The van der Waals surface area contributed by atoms with Crippen molar-refractivity contribution in [2.45, 2.75) is 44.7 Å². The predicted molar refractivity (Wildman–Crippen MR) is 83.2 cm³/mol. The van der Waals surface area contributed by atoms with E-state index in [0.717, 1.165) is 37.3 Å². The van der Waals surface area contributed by atoms with E-state index in [1.54, 1.807) is 0 Å². The lowest BCUT2D eigenvalue weighted by Crippen LogP contribution is -2.13. The van der Waals surface area contributed by atoms with Gasteiger partial charge in [-0.1, -0.05) is 17.9 Å². The van der Waals surface area contributed by atoms with Gasteiger partial charge in [0.15, 0.2) is 0 Å². The molecule has 1 aromatic carbocycles. The topological polar surface area (TPSA) is 0 Å². The van der Waals surface area contributed by atoms with Gasteiger partial charge in [0.25, 0.3) is 0 Å². The summed E-state index contributed by atoms with van der Waals surface area (Å²) in [6.07, 6.45) is 4.55. The van der Waals surface area contributed by atoms with Crippen LogP contribution in [0.3, 0.4) is 0 Å². The normalized spacial score (nSPS) is 21.8. The van der Waals surface area contributed by atoms with Crippen LogP contribution in [-0.2, 0) is 6.18 Å². The fraction of sp³-hybridized carbons (Fsp3) is 0.474. The minimum atomic E-state index is -4.28. The molecule has 0 saturated heterocycles. The Morgan fingerprint density at radius 2 is 1.73 bits per heavy atom. The third-order valence-corrected chi connectivity index (χ3v) is 4.26. The van der Waals surface area contributed by atoms with Crippen LogP contribution in [0.15, 0.2) is 36.9 Å². The molecule has 22 heavy (non-hydrogen) atoms. The van der Waals surface area contributed by atoms with Gasteiger partial charge in [-0.2, -0.15) is 13.2 Å². The standard InChI is InChI=1S/C19H21F3/c1-2-3-4-15-5-7-16(8-6-15)9-10-17-11-13-18(14-12-17)19(20,21)22/h2,11-16H,1,3-8H2/t15-,16-. The molecule has 3 heteroatoms. The number of benzene rings is 1. The number of rotatable bonds is 3. The van der Waals surface area contributed by atoms with E-state index in [4.69, 9.17) is 0 Å². The molecule has 0 spiro atoms. The van der Waals surface area contributed by atoms with Crippen LogP contribution < -0.4 is 0 Å². The second kappa shape index (κ2) is 7.54. The molecule has 0 heterocycles. The van der Waals surface area contributed by atoms with E-state index < -0.39 is 11.7 Å². The molecule has 0 atom stereocenters. The molecule has 0 nitrogen and oxygen atoms in total. The first-order valence-corrected chi connectivity index (χ1v) is 7.78. The second-order valence-corrected chi connectivity index (χ2v) is 5.93. The Hall–Kier alpha value is -1.69. The van der Waals surface area contributed by atoms with Crippen molar-refractivity contribution in [3.05, 3.63) is 48.0 Å². The van der Waals surface area contributed by atoms with Gasteiger partial charge in [0.1, 0.15) is 0 Å². The van der Waals surface area contributed by atoms with Crippen LogP contribution in [0.2, 0.25) is 0 Å². The first-order valence-electron chi connectivity index (χ1n) is 7.78. The molecule has 1 aromatic rings. The van der Waals surface area contributed by atoms with Crippen LogP contribution >= 0.6 is 0 Å². The third-order valence-electron chi connectivity index (χ3n) is 4.26. The van der Waals surface area contributed by atoms with E-state index >= 15 is 0 Å². The Morgan fingerprint density at radius 3 is 2.27 bits per heavy atom. The zero-order chi connectivity index (χ0) is 16.0. The van der Waals surface area contributed by atoms with Crippen LogP contribution in [0.4, 0.5) is 13.2 Å². The highest BCUT2D eigenvalue weighted by Crippen LogP contribution is 2.31. The Balaban J connectivity index is 1.88. The molecule has 0 N–H and O–H groups in total. The van der Waals surface area contributed by atoms with Crippen LogP contribution in [0.1, 0.15) is 49.7 Å². The summed E-state index contributed by atoms with van der Waals surface area (Å²) in [4.78, 5) is 0. The highest BCUT2D eigenvalue weighted by molar-refractivity contribution is 5.37. The minimum absolute atomic E-state index is 0.377. The van der Waals surface area contributed by atoms with Crippen molar-refractivity contribution in [2.75, 3.05) is 0 Å². The van der Waals surface area contributed by atoms with Crippen molar-refractivity contribution in [3.63, 3.8) is 0 Å². The number of alkyl halides is 3. The maximum absolute atomic E-state index is 12.5. The van der Waals surface area contributed by atoms with E-state index in [0.29, 0.717) is 11.5 Å². The Bertz CT molecular complexity index is 535.